The molecule has 0 fully saturated rings. The normalized spacial score (nSPS) is 12.1. The molecule has 4 rings (SSSR count). The lowest BCUT2D eigenvalue weighted by Gasteiger charge is -2.14. The molecule has 0 spiro atoms. The summed E-state index contributed by atoms with van der Waals surface area (Å²) >= 11 is 3.02. The number of thiophene rings is 1. The topological polar surface area (TPSA) is 92.7 Å². The van der Waals surface area contributed by atoms with Gasteiger partial charge in [-0.3, -0.25) is 9.78 Å². The van der Waals surface area contributed by atoms with Crippen LogP contribution < -0.4 is 10.6 Å². The van der Waals surface area contributed by atoms with Crippen molar-refractivity contribution < 1.29 is 4.79 Å². The van der Waals surface area contributed by atoms with Gasteiger partial charge in [0.1, 0.15) is 5.01 Å². The van der Waals surface area contributed by atoms with Crippen LogP contribution in [0.3, 0.4) is 0 Å². The Bertz CT molecular complexity index is 1090. The second-order valence-electron chi connectivity index (χ2n) is 6.20. The van der Waals surface area contributed by atoms with Crippen molar-refractivity contribution in [1.29, 1.82) is 0 Å². The molecule has 4 heterocycles. The number of amides is 1. The highest BCUT2D eigenvalue weighted by Crippen LogP contribution is 2.28. The standard InChI is InChI=1S/C19H18N6OS2/c1-11-9-14-17(28-11)16(18(26)22-10-15-21-7-8-27-15)25-19(24-14)23-12(2)13-5-3-4-6-20-13/h3-9,12H,10H2,1-2H3,(H,22,26)(H,23,24,25). The van der Waals surface area contributed by atoms with Crippen molar-refractivity contribution in [2.45, 2.75) is 26.4 Å². The number of anilines is 1. The third-order valence-corrected chi connectivity index (χ3v) is 5.90. The minimum atomic E-state index is -0.238. The first kappa shape index (κ1) is 18.5. The third-order valence-electron chi connectivity index (χ3n) is 4.07. The summed E-state index contributed by atoms with van der Waals surface area (Å²) in [7, 11) is 0. The Balaban J connectivity index is 1.62. The molecule has 1 atom stereocenters. The number of pyridine rings is 1. The molecule has 1 amide bonds. The maximum Gasteiger partial charge on any atom is 0.271 e. The number of carbonyl (C=O) groups excluding carboxylic acids is 1. The number of hydrogen-bond acceptors (Lipinski definition) is 8. The summed E-state index contributed by atoms with van der Waals surface area (Å²) in [4.78, 5) is 31.5. The van der Waals surface area contributed by atoms with Gasteiger partial charge in [-0.1, -0.05) is 6.07 Å². The van der Waals surface area contributed by atoms with Crippen LogP contribution in [0.5, 0.6) is 0 Å². The number of aryl methyl sites for hydroxylation is 1. The fourth-order valence-corrected chi connectivity index (χ4v) is 4.24. The molecule has 0 aliphatic heterocycles. The molecular weight excluding hydrogens is 392 g/mol. The number of hydrogen-bond donors (Lipinski definition) is 2. The number of thiazole rings is 1. The maximum atomic E-state index is 12.8. The SMILES string of the molecule is Cc1cc2nc(NC(C)c3ccccn3)nc(C(=O)NCc3nccs3)c2s1. The van der Waals surface area contributed by atoms with Crippen LogP contribution in [0.1, 0.15) is 39.0 Å². The van der Waals surface area contributed by atoms with Gasteiger partial charge in [0.2, 0.25) is 5.95 Å². The largest absolute Gasteiger partial charge is 0.346 e. The van der Waals surface area contributed by atoms with Crippen molar-refractivity contribution in [3.05, 3.63) is 63.3 Å². The smallest absolute Gasteiger partial charge is 0.271 e. The third kappa shape index (κ3) is 4.00. The number of rotatable bonds is 6. The van der Waals surface area contributed by atoms with Gasteiger partial charge in [-0.05, 0) is 32.0 Å². The van der Waals surface area contributed by atoms with Gasteiger partial charge in [0.05, 0.1) is 28.5 Å². The van der Waals surface area contributed by atoms with E-state index in [2.05, 4.69) is 30.6 Å². The zero-order valence-electron chi connectivity index (χ0n) is 15.3. The van der Waals surface area contributed by atoms with E-state index in [4.69, 9.17) is 0 Å². The Morgan fingerprint density at radius 1 is 1.21 bits per heavy atom. The highest BCUT2D eigenvalue weighted by molar-refractivity contribution is 7.19. The van der Waals surface area contributed by atoms with Crippen molar-refractivity contribution in [3.63, 3.8) is 0 Å². The molecule has 4 aromatic rings. The highest BCUT2D eigenvalue weighted by Gasteiger charge is 2.18. The maximum absolute atomic E-state index is 12.8. The number of fused-ring (bicyclic) bond motifs is 1. The first-order chi connectivity index (χ1) is 13.6. The van der Waals surface area contributed by atoms with Crippen molar-refractivity contribution in [2.24, 2.45) is 0 Å². The second kappa shape index (κ2) is 7.99. The van der Waals surface area contributed by atoms with E-state index in [1.54, 1.807) is 12.4 Å². The van der Waals surface area contributed by atoms with Crippen LogP contribution >= 0.6 is 22.7 Å². The molecule has 0 aliphatic rings. The molecule has 7 nitrogen and oxygen atoms in total. The van der Waals surface area contributed by atoms with Gasteiger partial charge in [0, 0.05) is 22.7 Å². The zero-order valence-corrected chi connectivity index (χ0v) is 17.0. The van der Waals surface area contributed by atoms with Crippen molar-refractivity contribution in [3.8, 4) is 0 Å². The molecule has 4 aromatic heterocycles. The molecule has 0 aliphatic carbocycles. The molecule has 1 unspecified atom stereocenters. The van der Waals surface area contributed by atoms with Gasteiger partial charge >= 0.3 is 0 Å². The van der Waals surface area contributed by atoms with E-state index in [0.29, 0.717) is 18.2 Å². The molecule has 0 bridgehead atoms. The van der Waals surface area contributed by atoms with Crippen LogP contribution in [0.15, 0.2) is 42.0 Å². The summed E-state index contributed by atoms with van der Waals surface area (Å²) in [6.07, 6.45) is 3.47. The molecule has 2 N–H and O–H groups in total. The zero-order chi connectivity index (χ0) is 19.5. The Morgan fingerprint density at radius 3 is 2.86 bits per heavy atom. The molecule has 0 aromatic carbocycles. The average Bonchev–Trinajstić information content (AvgIpc) is 3.34. The molecular formula is C19H18N6OS2. The predicted octanol–water partition coefficient (Wildman–Crippen LogP) is 3.95. The Kier molecular flexibility index (Phi) is 5.27. The van der Waals surface area contributed by atoms with E-state index < -0.39 is 0 Å². The summed E-state index contributed by atoms with van der Waals surface area (Å²) in [5.41, 5.74) is 2.01. The first-order valence-corrected chi connectivity index (χ1v) is 10.4. The Morgan fingerprint density at radius 2 is 2.11 bits per heavy atom. The van der Waals surface area contributed by atoms with Crippen LogP contribution in [0, 0.1) is 6.92 Å². The second-order valence-corrected chi connectivity index (χ2v) is 8.43. The van der Waals surface area contributed by atoms with Crippen molar-refractivity contribution >= 4 is 44.7 Å². The van der Waals surface area contributed by atoms with E-state index in [0.717, 1.165) is 25.8 Å². The van der Waals surface area contributed by atoms with Gasteiger partial charge in [-0.15, -0.1) is 22.7 Å². The van der Waals surface area contributed by atoms with E-state index in [1.165, 1.54) is 22.7 Å². The molecule has 142 valence electrons. The number of carbonyl (C=O) groups is 1. The lowest BCUT2D eigenvalue weighted by atomic mass is 10.2. The van der Waals surface area contributed by atoms with Crippen LogP contribution in [-0.2, 0) is 6.54 Å². The van der Waals surface area contributed by atoms with Crippen LogP contribution in [0.4, 0.5) is 5.95 Å². The van der Waals surface area contributed by atoms with Gasteiger partial charge < -0.3 is 10.6 Å². The summed E-state index contributed by atoms with van der Waals surface area (Å²) in [5, 5.41) is 8.89. The first-order valence-electron chi connectivity index (χ1n) is 8.72. The predicted molar refractivity (Wildman–Crippen MR) is 112 cm³/mol. The van der Waals surface area contributed by atoms with E-state index in [-0.39, 0.29) is 11.9 Å². The molecule has 28 heavy (non-hydrogen) atoms. The van der Waals surface area contributed by atoms with Crippen molar-refractivity contribution in [2.75, 3.05) is 5.32 Å². The quantitative estimate of drug-likeness (QED) is 0.500. The Hall–Kier alpha value is -2.91. The van der Waals surface area contributed by atoms with Gasteiger partial charge in [0.25, 0.3) is 5.91 Å². The van der Waals surface area contributed by atoms with Crippen molar-refractivity contribution in [1.82, 2.24) is 25.3 Å². The van der Waals surface area contributed by atoms with Gasteiger partial charge in [0.15, 0.2) is 5.69 Å². The average molecular weight is 411 g/mol. The number of nitrogens with one attached hydrogen (secondary N) is 2. The minimum absolute atomic E-state index is 0.0930. The highest BCUT2D eigenvalue weighted by atomic mass is 32.1. The summed E-state index contributed by atoms with van der Waals surface area (Å²) < 4.78 is 0.783. The van der Waals surface area contributed by atoms with Gasteiger partial charge in [-0.25, -0.2) is 15.0 Å². The number of nitrogens with zero attached hydrogens (tertiary/aromatic N) is 4. The lowest BCUT2D eigenvalue weighted by molar-refractivity contribution is 0.0948. The number of aromatic nitrogens is 4. The van der Waals surface area contributed by atoms with E-state index in [9.17, 15) is 4.79 Å². The monoisotopic (exact) mass is 410 g/mol. The minimum Gasteiger partial charge on any atom is -0.346 e. The summed E-state index contributed by atoms with van der Waals surface area (Å²) in [6, 6.07) is 7.62. The molecule has 0 radical (unpaired) electrons. The molecule has 0 saturated heterocycles. The van der Waals surface area contributed by atoms with Crippen LogP contribution in [0.2, 0.25) is 0 Å². The van der Waals surface area contributed by atoms with Crippen LogP contribution in [-0.4, -0.2) is 25.8 Å². The fourth-order valence-electron chi connectivity index (χ4n) is 2.75. The lowest BCUT2D eigenvalue weighted by Crippen LogP contribution is -2.24. The summed E-state index contributed by atoms with van der Waals surface area (Å²) in [5.74, 6) is 0.167. The molecule has 9 heteroatoms. The Labute approximate surface area is 169 Å². The van der Waals surface area contributed by atoms with E-state index in [1.807, 2.05) is 43.5 Å². The van der Waals surface area contributed by atoms with Gasteiger partial charge in [-0.2, -0.15) is 0 Å². The molecule has 0 saturated carbocycles. The van der Waals surface area contributed by atoms with E-state index >= 15 is 0 Å². The fraction of sp³-hybridized carbons (Fsp3) is 0.211. The van der Waals surface area contributed by atoms with Crippen LogP contribution in [0.25, 0.3) is 10.2 Å². The summed E-state index contributed by atoms with van der Waals surface area (Å²) in [6.45, 7) is 4.35.